The zero-order chi connectivity index (χ0) is 26.9. The summed E-state index contributed by atoms with van der Waals surface area (Å²) in [4.78, 5) is 20.5. The maximum absolute atomic E-state index is 11.5. The fourth-order valence-electron chi connectivity index (χ4n) is 3.88. The van der Waals surface area contributed by atoms with Crippen LogP contribution in [0.3, 0.4) is 0 Å². The van der Waals surface area contributed by atoms with Gasteiger partial charge in [-0.1, -0.05) is 43.2 Å². The Morgan fingerprint density at radius 2 is 1.73 bits per heavy atom. The largest absolute Gasteiger partial charge is 0.506 e. The van der Waals surface area contributed by atoms with Crippen molar-refractivity contribution in [1.82, 2.24) is 5.32 Å². The number of carbonyl (C=O) groups excluding carboxylic acids is 1. The third-order valence-corrected chi connectivity index (χ3v) is 5.71. The number of phenolic OH excluding ortho intramolecular Hbond substituents is 1. The summed E-state index contributed by atoms with van der Waals surface area (Å²) in [5.41, 5.74) is 2.17. The molecule has 0 aliphatic carbocycles. The Hall–Kier alpha value is -3.14. The quantitative estimate of drug-likeness (QED) is 0.177. The van der Waals surface area contributed by atoms with E-state index in [2.05, 4.69) is 34.9 Å². The standard InChI is InChI=1S/C26H36N2O5.C2H4O2/c29-22-14-13-21(26-25(22)28-24(31)19-33-26)23(30)18-27-15-7-1-2-8-16-32-17-9-6-12-20-10-4-3-5-11-20;1-2(3)4/h3-5,10-11,13-14,23,27,29-30H,1-2,6-9,12,15-19H2,(H,28,31);1H3,(H,3,4). The third-order valence-electron chi connectivity index (χ3n) is 5.71. The van der Waals surface area contributed by atoms with E-state index < -0.39 is 12.1 Å². The topological polar surface area (TPSA) is 137 Å². The van der Waals surface area contributed by atoms with Crippen LogP contribution in [0.1, 0.15) is 62.7 Å². The highest BCUT2D eigenvalue weighted by Gasteiger charge is 2.25. The number of aliphatic hydroxyl groups is 1. The Balaban J connectivity index is 0.00000112. The van der Waals surface area contributed by atoms with Crippen molar-refractivity contribution in [2.75, 3.05) is 38.2 Å². The lowest BCUT2D eigenvalue weighted by molar-refractivity contribution is -0.134. The summed E-state index contributed by atoms with van der Waals surface area (Å²) in [5.74, 6) is -0.891. The number of ether oxygens (including phenoxy) is 2. The number of nitrogens with one attached hydrogen (secondary N) is 2. The van der Waals surface area contributed by atoms with E-state index in [-0.39, 0.29) is 24.0 Å². The second-order valence-electron chi connectivity index (χ2n) is 8.92. The van der Waals surface area contributed by atoms with Crippen molar-refractivity contribution >= 4 is 17.6 Å². The lowest BCUT2D eigenvalue weighted by Crippen LogP contribution is -2.28. The molecule has 9 nitrogen and oxygen atoms in total. The van der Waals surface area contributed by atoms with Crippen molar-refractivity contribution in [2.24, 2.45) is 0 Å². The van der Waals surface area contributed by atoms with Crippen molar-refractivity contribution in [3.8, 4) is 11.5 Å². The highest BCUT2D eigenvalue weighted by Crippen LogP contribution is 2.41. The fourth-order valence-corrected chi connectivity index (χ4v) is 3.88. The number of carbonyl (C=O) groups is 2. The number of aliphatic carboxylic acids is 1. The number of phenols is 1. The van der Waals surface area contributed by atoms with E-state index in [1.54, 1.807) is 6.07 Å². The van der Waals surface area contributed by atoms with Crippen molar-refractivity contribution in [2.45, 2.75) is 58.0 Å². The number of fused-ring (bicyclic) bond motifs is 1. The van der Waals surface area contributed by atoms with E-state index in [0.717, 1.165) is 71.6 Å². The summed E-state index contributed by atoms with van der Waals surface area (Å²) < 4.78 is 11.2. The maximum atomic E-state index is 11.5. The van der Waals surface area contributed by atoms with Gasteiger partial charge in [0.15, 0.2) is 12.4 Å². The molecule has 37 heavy (non-hydrogen) atoms. The molecule has 204 valence electrons. The van der Waals surface area contributed by atoms with Gasteiger partial charge in [-0.25, -0.2) is 0 Å². The number of rotatable bonds is 15. The Bertz CT molecular complexity index is 949. The molecular formula is C28H40N2O7. The third kappa shape index (κ3) is 12.1. The summed E-state index contributed by atoms with van der Waals surface area (Å²) in [5, 5.41) is 33.7. The highest BCUT2D eigenvalue weighted by molar-refractivity contribution is 5.97. The van der Waals surface area contributed by atoms with Gasteiger partial charge >= 0.3 is 0 Å². The number of carboxylic acids is 1. The van der Waals surface area contributed by atoms with Gasteiger partial charge in [-0.3, -0.25) is 9.59 Å². The second-order valence-corrected chi connectivity index (χ2v) is 8.92. The first-order valence-electron chi connectivity index (χ1n) is 12.9. The molecule has 2 aromatic carbocycles. The first kappa shape index (κ1) is 30.1. The van der Waals surface area contributed by atoms with Gasteiger partial charge in [-0.05, 0) is 56.3 Å². The summed E-state index contributed by atoms with van der Waals surface area (Å²) in [6.45, 7) is 3.80. The van der Waals surface area contributed by atoms with E-state index >= 15 is 0 Å². The van der Waals surface area contributed by atoms with E-state index in [4.69, 9.17) is 19.4 Å². The molecular weight excluding hydrogens is 476 g/mol. The first-order chi connectivity index (χ1) is 17.9. The Morgan fingerprint density at radius 3 is 2.46 bits per heavy atom. The Labute approximate surface area is 218 Å². The number of unbranched alkanes of at least 4 members (excludes halogenated alkanes) is 4. The molecule has 1 heterocycles. The summed E-state index contributed by atoms with van der Waals surface area (Å²) in [6, 6.07) is 13.6. The molecule has 1 unspecified atom stereocenters. The van der Waals surface area contributed by atoms with Crippen molar-refractivity contribution < 1.29 is 34.4 Å². The molecule has 0 radical (unpaired) electrons. The molecule has 0 aromatic heterocycles. The number of aliphatic hydroxyl groups excluding tert-OH is 1. The predicted molar refractivity (Wildman–Crippen MR) is 142 cm³/mol. The van der Waals surface area contributed by atoms with E-state index in [9.17, 15) is 15.0 Å². The van der Waals surface area contributed by atoms with Crippen molar-refractivity contribution in [3.63, 3.8) is 0 Å². The molecule has 3 rings (SSSR count). The fraction of sp³-hybridized carbons (Fsp3) is 0.500. The highest BCUT2D eigenvalue weighted by atomic mass is 16.5. The van der Waals surface area contributed by atoms with E-state index in [1.807, 2.05) is 6.07 Å². The average molecular weight is 517 g/mol. The molecule has 0 saturated heterocycles. The van der Waals surface area contributed by atoms with Gasteiger partial charge in [0.1, 0.15) is 11.4 Å². The predicted octanol–water partition coefficient (Wildman–Crippen LogP) is 4.04. The minimum Gasteiger partial charge on any atom is -0.506 e. The normalized spacial score (nSPS) is 13.0. The molecule has 2 aromatic rings. The summed E-state index contributed by atoms with van der Waals surface area (Å²) in [7, 11) is 0. The second kappa shape index (κ2) is 17.3. The van der Waals surface area contributed by atoms with Crippen molar-refractivity contribution in [1.29, 1.82) is 0 Å². The van der Waals surface area contributed by atoms with Crippen LogP contribution < -0.4 is 15.4 Å². The van der Waals surface area contributed by atoms with E-state index in [1.165, 1.54) is 11.6 Å². The lowest BCUT2D eigenvalue weighted by atomic mass is 10.0. The molecule has 1 aliphatic rings. The molecule has 1 aliphatic heterocycles. The van der Waals surface area contributed by atoms with Crippen LogP contribution in [0.4, 0.5) is 5.69 Å². The molecule has 0 fully saturated rings. The van der Waals surface area contributed by atoms with Crippen LogP contribution in [0.25, 0.3) is 0 Å². The molecule has 5 N–H and O–H groups in total. The Kier molecular flexibility index (Phi) is 14.1. The van der Waals surface area contributed by atoms with Gasteiger partial charge in [-0.15, -0.1) is 0 Å². The van der Waals surface area contributed by atoms with Gasteiger partial charge < -0.3 is 35.4 Å². The van der Waals surface area contributed by atoms with Gasteiger partial charge in [0.05, 0.1) is 6.10 Å². The van der Waals surface area contributed by atoms with Crippen LogP contribution in [0, 0.1) is 0 Å². The number of aromatic hydroxyl groups is 1. The average Bonchev–Trinajstić information content (AvgIpc) is 2.87. The Morgan fingerprint density at radius 1 is 1.05 bits per heavy atom. The molecule has 1 amide bonds. The maximum Gasteiger partial charge on any atom is 0.300 e. The monoisotopic (exact) mass is 516 g/mol. The van der Waals surface area contributed by atoms with Crippen LogP contribution in [-0.2, 0) is 20.7 Å². The SMILES string of the molecule is CC(=O)O.O=C1COc2c(C(O)CNCCCCCCOCCCCc3ccccc3)ccc(O)c2N1. The number of hydrogen-bond acceptors (Lipinski definition) is 7. The zero-order valence-electron chi connectivity index (χ0n) is 21.6. The number of aryl methyl sites for hydroxylation is 1. The summed E-state index contributed by atoms with van der Waals surface area (Å²) >= 11 is 0. The molecule has 1 atom stereocenters. The molecule has 0 spiro atoms. The minimum atomic E-state index is -0.833. The van der Waals surface area contributed by atoms with E-state index in [0.29, 0.717) is 17.9 Å². The summed E-state index contributed by atoms with van der Waals surface area (Å²) in [6.07, 6.45) is 6.94. The van der Waals surface area contributed by atoms with Gasteiger partial charge in [-0.2, -0.15) is 0 Å². The van der Waals surface area contributed by atoms with Crippen LogP contribution in [0.2, 0.25) is 0 Å². The van der Waals surface area contributed by atoms with Gasteiger partial charge in [0.25, 0.3) is 11.9 Å². The minimum absolute atomic E-state index is 0.0712. The number of carboxylic acid groups (broad SMARTS) is 1. The number of anilines is 1. The van der Waals surface area contributed by atoms with Crippen molar-refractivity contribution in [3.05, 3.63) is 53.6 Å². The number of hydrogen-bond donors (Lipinski definition) is 5. The first-order valence-corrected chi connectivity index (χ1v) is 12.9. The molecule has 0 saturated carbocycles. The smallest absolute Gasteiger partial charge is 0.300 e. The number of benzene rings is 2. The van der Waals surface area contributed by atoms with Gasteiger partial charge in [0.2, 0.25) is 0 Å². The van der Waals surface area contributed by atoms with Crippen LogP contribution in [0.5, 0.6) is 11.5 Å². The molecule has 0 bridgehead atoms. The van der Waals surface area contributed by atoms with Crippen LogP contribution >= 0.6 is 0 Å². The van der Waals surface area contributed by atoms with Gasteiger partial charge in [0, 0.05) is 32.2 Å². The molecule has 9 heteroatoms. The lowest BCUT2D eigenvalue weighted by Gasteiger charge is -2.23. The van der Waals surface area contributed by atoms with Crippen LogP contribution in [-0.4, -0.2) is 60.1 Å². The zero-order valence-corrected chi connectivity index (χ0v) is 21.6. The van der Waals surface area contributed by atoms with Crippen LogP contribution in [0.15, 0.2) is 42.5 Å². The number of amides is 1.